The molecule has 0 unspecified atom stereocenters. The lowest BCUT2D eigenvalue weighted by Crippen LogP contribution is -2.19. The van der Waals surface area contributed by atoms with Gasteiger partial charge in [0.05, 0.1) is 5.52 Å². The zero-order valence-electron chi connectivity index (χ0n) is 24.4. The molecule has 0 aliphatic rings. The maximum atomic E-state index is 14.2. The van der Waals surface area contributed by atoms with Crippen molar-refractivity contribution in [2.24, 2.45) is 0 Å². The highest BCUT2D eigenvalue weighted by Gasteiger charge is 2.15. The molecule has 45 heavy (non-hydrogen) atoms. The summed E-state index contributed by atoms with van der Waals surface area (Å²) >= 11 is 0. The number of hydrogen-bond donors (Lipinski definition) is 0. The van der Waals surface area contributed by atoms with Crippen LogP contribution in [0.15, 0.2) is 169 Å². The molecule has 0 atom stereocenters. The van der Waals surface area contributed by atoms with Crippen molar-refractivity contribution in [3.8, 4) is 27.9 Å². The summed E-state index contributed by atoms with van der Waals surface area (Å²) in [6.45, 7) is 0. The van der Waals surface area contributed by atoms with Gasteiger partial charge in [-0.15, -0.1) is 0 Å². The van der Waals surface area contributed by atoms with E-state index in [-0.39, 0.29) is 5.56 Å². The van der Waals surface area contributed by atoms with Gasteiger partial charge < -0.3 is 0 Å². The van der Waals surface area contributed by atoms with Gasteiger partial charge in [0.15, 0.2) is 0 Å². The maximum Gasteiger partial charge on any atom is 0.263 e. The first kappa shape index (κ1) is 25.5. The molecular weight excluding hydrogens is 546 g/mol. The first-order chi connectivity index (χ1) is 22.2. The average molecular weight is 574 g/mol. The molecule has 0 fully saturated rings. The predicted molar refractivity (Wildman–Crippen MR) is 190 cm³/mol. The van der Waals surface area contributed by atoms with E-state index in [1.54, 1.807) is 0 Å². The minimum Gasteiger partial charge on any atom is -0.276 e. The topological polar surface area (TPSA) is 22.0 Å². The predicted octanol–water partition coefficient (Wildman–Crippen LogP) is 10.9. The van der Waals surface area contributed by atoms with Crippen LogP contribution >= 0.6 is 0 Å². The third-order valence-corrected chi connectivity index (χ3v) is 9.18. The summed E-state index contributed by atoms with van der Waals surface area (Å²) in [7, 11) is 0. The van der Waals surface area contributed by atoms with Gasteiger partial charge in [0, 0.05) is 16.5 Å². The molecule has 0 amide bonds. The smallest absolute Gasteiger partial charge is 0.263 e. The lowest BCUT2D eigenvalue weighted by atomic mass is 9.92. The molecule has 0 N–H and O–H groups in total. The van der Waals surface area contributed by atoms with Crippen molar-refractivity contribution < 1.29 is 0 Å². The van der Waals surface area contributed by atoms with Crippen LogP contribution in [0.2, 0.25) is 0 Å². The van der Waals surface area contributed by atoms with E-state index < -0.39 is 0 Å². The number of fused-ring (bicyclic) bond motifs is 9. The first-order valence-electron chi connectivity index (χ1n) is 15.3. The van der Waals surface area contributed by atoms with E-state index in [0.29, 0.717) is 5.39 Å². The minimum absolute atomic E-state index is 0.0151. The van der Waals surface area contributed by atoms with Gasteiger partial charge in [-0.1, -0.05) is 127 Å². The van der Waals surface area contributed by atoms with Gasteiger partial charge in [-0.2, -0.15) is 0 Å². The fraction of sp³-hybridized carbons (Fsp3) is 0. The third kappa shape index (κ3) is 4.00. The molecule has 0 saturated carbocycles. The summed E-state index contributed by atoms with van der Waals surface area (Å²) < 4.78 is 1.87. The molecule has 0 bridgehead atoms. The molecule has 210 valence electrons. The Hall–Kier alpha value is -5.99. The average Bonchev–Trinajstić information content (AvgIpc) is 3.12. The Labute approximate surface area is 260 Å². The highest BCUT2D eigenvalue weighted by atomic mass is 16.1. The van der Waals surface area contributed by atoms with Crippen LogP contribution < -0.4 is 5.56 Å². The van der Waals surface area contributed by atoms with E-state index in [1.165, 1.54) is 32.3 Å². The van der Waals surface area contributed by atoms with Crippen molar-refractivity contribution in [3.05, 3.63) is 174 Å². The van der Waals surface area contributed by atoms with Crippen LogP contribution in [-0.4, -0.2) is 4.57 Å². The molecule has 9 rings (SSSR count). The highest BCUT2D eigenvalue weighted by molar-refractivity contribution is 6.25. The lowest BCUT2D eigenvalue weighted by molar-refractivity contribution is 1.06. The molecule has 0 radical (unpaired) electrons. The Bertz CT molecular complexity index is 2630. The standard InChI is InChI=1S/C43H27NO/c45-43-39-20-9-8-19-37(39)41-27-30(28-11-2-1-3-12-28)22-24-42(41)44(43)32-14-10-13-29(25-32)31-21-23-38-35-17-5-4-15-33(35)34-16-6-7-18-36(34)40(38)26-31/h1-27H. The van der Waals surface area contributed by atoms with Gasteiger partial charge in [-0.25, -0.2) is 0 Å². The van der Waals surface area contributed by atoms with Crippen molar-refractivity contribution in [2.75, 3.05) is 0 Å². The molecule has 0 saturated heterocycles. The van der Waals surface area contributed by atoms with Crippen molar-refractivity contribution in [3.63, 3.8) is 0 Å². The molecule has 1 heterocycles. The Kier molecular flexibility index (Phi) is 5.69. The zero-order valence-corrected chi connectivity index (χ0v) is 24.4. The Morgan fingerprint density at radius 1 is 0.311 bits per heavy atom. The second kappa shape index (κ2) is 10.0. The summed E-state index contributed by atoms with van der Waals surface area (Å²) in [5.74, 6) is 0. The number of pyridine rings is 1. The third-order valence-electron chi connectivity index (χ3n) is 9.18. The second-order valence-corrected chi connectivity index (χ2v) is 11.7. The van der Waals surface area contributed by atoms with E-state index in [0.717, 1.165) is 44.2 Å². The van der Waals surface area contributed by atoms with E-state index in [9.17, 15) is 4.79 Å². The molecule has 2 nitrogen and oxygen atoms in total. The number of hydrogen-bond acceptors (Lipinski definition) is 1. The van der Waals surface area contributed by atoms with Gasteiger partial charge in [-0.05, 0) is 96.4 Å². The Morgan fingerprint density at radius 2 is 0.778 bits per heavy atom. The van der Waals surface area contributed by atoms with Gasteiger partial charge in [0.2, 0.25) is 0 Å². The zero-order chi connectivity index (χ0) is 29.9. The van der Waals surface area contributed by atoms with Crippen LogP contribution in [-0.2, 0) is 0 Å². The fourth-order valence-corrected chi connectivity index (χ4v) is 7.06. The Morgan fingerprint density at radius 3 is 1.47 bits per heavy atom. The van der Waals surface area contributed by atoms with Crippen molar-refractivity contribution >= 4 is 54.0 Å². The number of rotatable bonds is 3. The Balaban J connectivity index is 1.27. The van der Waals surface area contributed by atoms with Crippen LogP contribution in [0.1, 0.15) is 0 Å². The molecule has 1 aromatic heterocycles. The van der Waals surface area contributed by atoms with E-state index in [2.05, 4.69) is 133 Å². The maximum absolute atomic E-state index is 14.2. The highest BCUT2D eigenvalue weighted by Crippen LogP contribution is 2.37. The lowest BCUT2D eigenvalue weighted by Gasteiger charge is -2.16. The minimum atomic E-state index is -0.0151. The molecule has 2 heteroatoms. The number of nitrogens with zero attached hydrogens (tertiary/aromatic N) is 1. The molecule has 8 aromatic carbocycles. The summed E-state index contributed by atoms with van der Waals surface area (Å²) in [5.41, 5.74) is 6.20. The summed E-state index contributed by atoms with van der Waals surface area (Å²) in [5, 5.41) is 10.3. The van der Waals surface area contributed by atoms with Crippen LogP contribution in [0.5, 0.6) is 0 Å². The largest absolute Gasteiger partial charge is 0.276 e. The van der Waals surface area contributed by atoms with Crippen LogP contribution in [0.25, 0.3) is 81.9 Å². The quantitative estimate of drug-likeness (QED) is 0.193. The SMILES string of the molecule is O=c1c2ccccc2c2cc(-c3ccccc3)ccc2n1-c1cccc(-c2ccc3c4ccccc4c4ccccc4c3c2)c1. The molecule has 0 aliphatic carbocycles. The second-order valence-electron chi connectivity index (χ2n) is 11.7. The number of benzene rings is 8. The van der Waals surface area contributed by atoms with Crippen LogP contribution in [0.3, 0.4) is 0 Å². The van der Waals surface area contributed by atoms with E-state index in [4.69, 9.17) is 0 Å². The molecule has 9 aromatic rings. The monoisotopic (exact) mass is 573 g/mol. The van der Waals surface area contributed by atoms with Gasteiger partial charge >= 0.3 is 0 Å². The van der Waals surface area contributed by atoms with Gasteiger partial charge in [0.25, 0.3) is 5.56 Å². The van der Waals surface area contributed by atoms with Crippen molar-refractivity contribution in [2.45, 2.75) is 0 Å². The van der Waals surface area contributed by atoms with E-state index >= 15 is 0 Å². The van der Waals surface area contributed by atoms with Crippen molar-refractivity contribution in [1.29, 1.82) is 0 Å². The summed E-state index contributed by atoms with van der Waals surface area (Å²) in [4.78, 5) is 14.2. The van der Waals surface area contributed by atoms with Gasteiger partial charge in [-0.3, -0.25) is 9.36 Å². The summed E-state index contributed by atoms with van der Waals surface area (Å²) in [6, 6.07) is 57.2. The van der Waals surface area contributed by atoms with E-state index in [1.807, 2.05) is 34.9 Å². The van der Waals surface area contributed by atoms with Gasteiger partial charge in [0.1, 0.15) is 0 Å². The first-order valence-corrected chi connectivity index (χ1v) is 15.3. The summed E-state index contributed by atoms with van der Waals surface area (Å²) in [6.07, 6.45) is 0. The molecular formula is C43H27NO. The fourth-order valence-electron chi connectivity index (χ4n) is 7.06. The van der Waals surface area contributed by atoms with Crippen LogP contribution in [0.4, 0.5) is 0 Å². The van der Waals surface area contributed by atoms with Crippen LogP contribution in [0, 0.1) is 0 Å². The molecule has 0 spiro atoms. The molecule has 0 aliphatic heterocycles. The van der Waals surface area contributed by atoms with Crippen molar-refractivity contribution in [1.82, 2.24) is 4.57 Å². The normalized spacial score (nSPS) is 11.6. The number of aromatic nitrogens is 1.